The van der Waals surface area contributed by atoms with E-state index in [2.05, 4.69) is 48.4 Å². The van der Waals surface area contributed by atoms with E-state index >= 15 is 0 Å². The smallest absolute Gasteiger partial charge is 0.117 e. The molecular formula is C15H22N4. The number of hydrogen-bond donors (Lipinski definition) is 1. The predicted octanol–water partition coefficient (Wildman–Crippen LogP) is 2.85. The van der Waals surface area contributed by atoms with Crippen molar-refractivity contribution in [3.05, 3.63) is 36.0 Å². The lowest BCUT2D eigenvalue weighted by Crippen LogP contribution is -2.22. The summed E-state index contributed by atoms with van der Waals surface area (Å²) in [6.45, 7) is 8.03. The summed E-state index contributed by atoms with van der Waals surface area (Å²) >= 11 is 0. The average molecular weight is 258 g/mol. The number of nitrogens with zero attached hydrogens (tertiary/aromatic N) is 3. The Morgan fingerprint density at radius 1 is 1.16 bits per heavy atom. The van der Waals surface area contributed by atoms with Gasteiger partial charge >= 0.3 is 0 Å². The van der Waals surface area contributed by atoms with Gasteiger partial charge < -0.3 is 5.32 Å². The SMILES string of the molecule is CCCn1nc(CNC(C)C)c(-c2ccccc2)n1. The third kappa shape index (κ3) is 3.64. The van der Waals surface area contributed by atoms with E-state index < -0.39 is 0 Å². The summed E-state index contributed by atoms with van der Waals surface area (Å²) in [5.41, 5.74) is 3.14. The normalized spacial score (nSPS) is 11.2. The lowest BCUT2D eigenvalue weighted by molar-refractivity contribution is 0.515. The third-order valence-electron chi connectivity index (χ3n) is 2.87. The first kappa shape index (κ1) is 13.7. The Kier molecular flexibility index (Phi) is 4.68. The minimum absolute atomic E-state index is 0.444. The second kappa shape index (κ2) is 6.48. The lowest BCUT2D eigenvalue weighted by Gasteiger charge is -2.06. The average Bonchev–Trinajstić information content (AvgIpc) is 2.81. The van der Waals surface area contributed by atoms with Crippen LogP contribution in [0.25, 0.3) is 11.3 Å². The van der Waals surface area contributed by atoms with Gasteiger partial charge in [0.2, 0.25) is 0 Å². The molecule has 0 radical (unpaired) electrons. The van der Waals surface area contributed by atoms with Gasteiger partial charge in [-0.15, -0.1) is 0 Å². The maximum atomic E-state index is 4.61. The van der Waals surface area contributed by atoms with E-state index in [-0.39, 0.29) is 0 Å². The first-order valence-corrected chi connectivity index (χ1v) is 6.93. The minimum Gasteiger partial charge on any atom is -0.309 e. The molecule has 1 heterocycles. The molecule has 102 valence electrons. The van der Waals surface area contributed by atoms with Crippen molar-refractivity contribution < 1.29 is 0 Å². The van der Waals surface area contributed by atoms with Crippen molar-refractivity contribution in [2.24, 2.45) is 0 Å². The van der Waals surface area contributed by atoms with Gasteiger partial charge in [0.25, 0.3) is 0 Å². The zero-order chi connectivity index (χ0) is 13.7. The van der Waals surface area contributed by atoms with Crippen molar-refractivity contribution in [2.75, 3.05) is 0 Å². The van der Waals surface area contributed by atoms with Crippen molar-refractivity contribution in [3.8, 4) is 11.3 Å². The fourth-order valence-corrected chi connectivity index (χ4v) is 1.92. The number of hydrogen-bond acceptors (Lipinski definition) is 3. The van der Waals surface area contributed by atoms with Crippen LogP contribution in [0.2, 0.25) is 0 Å². The van der Waals surface area contributed by atoms with Crippen LogP contribution in [0.15, 0.2) is 30.3 Å². The van der Waals surface area contributed by atoms with Crippen LogP contribution < -0.4 is 5.32 Å². The Bertz CT molecular complexity index is 502. The number of rotatable bonds is 6. The van der Waals surface area contributed by atoms with Gasteiger partial charge in [0.15, 0.2) is 0 Å². The van der Waals surface area contributed by atoms with Crippen LogP contribution in [-0.4, -0.2) is 21.0 Å². The van der Waals surface area contributed by atoms with E-state index in [1.807, 2.05) is 18.2 Å². The van der Waals surface area contributed by atoms with Gasteiger partial charge in [0, 0.05) is 18.2 Å². The van der Waals surface area contributed by atoms with Gasteiger partial charge in [-0.1, -0.05) is 51.1 Å². The summed E-state index contributed by atoms with van der Waals surface area (Å²) < 4.78 is 0. The van der Waals surface area contributed by atoms with Crippen LogP contribution in [0.1, 0.15) is 32.9 Å². The largest absolute Gasteiger partial charge is 0.309 e. The van der Waals surface area contributed by atoms with Gasteiger partial charge in [0.1, 0.15) is 11.4 Å². The molecule has 0 saturated carbocycles. The molecule has 0 aliphatic heterocycles. The van der Waals surface area contributed by atoms with Gasteiger partial charge in [0.05, 0.1) is 6.54 Å². The highest BCUT2D eigenvalue weighted by molar-refractivity contribution is 5.60. The number of benzene rings is 1. The minimum atomic E-state index is 0.444. The fraction of sp³-hybridized carbons (Fsp3) is 0.467. The highest BCUT2D eigenvalue weighted by atomic mass is 15.5. The molecule has 2 rings (SSSR count). The van der Waals surface area contributed by atoms with Gasteiger partial charge in [-0.2, -0.15) is 15.0 Å². The monoisotopic (exact) mass is 258 g/mol. The van der Waals surface area contributed by atoms with Crippen LogP contribution in [0.3, 0.4) is 0 Å². The highest BCUT2D eigenvalue weighted by Gasteiger charge is 2.12. The van der Waals surface area contributed by atoms with Crippen molar-refractivity contribution in [2.45, 2.75) is 46.3 Å². The Morgan fingerprint density at radius 3 is 2.53 bits per heavy atom. The summed E-state index contributed by atoms with van der Waals surface area (Å²) in [5, 5.41) is 12.6. The van der Waals surface area contributed by atoms with E-state index in [0.29, 0.717) is 6.04 Å². The topological polar surface area (TPSA) is 42.7 Å². The highest BCUT2D eigenvalue weighted by Crippen LogP contribution is 2.20. The summed E-state index contributed by atoms with van der Waals surface area (Å²) in [7, 11) is 0. The molecule has 0 aliphatic rings. The van der Waals surface area contributed by atoms with Crippen LogP contribution in [-0.2, 0) is 13.1 Å². The Morgan fingerprint density at radius 2 is 1.89 bits per heavy atom. The molecule has 0 saturated heterocycles. The summed E-state index contributed by atoms with van der Waals surface area (Å²) in [6.07, 6.45) is 1.04. The van der Waals surface area contributed by atoms with E-state index in [9.17, 15) is 0 Å². The van der Waals surface area contributed by atoms with Gasteiger partial charge in [-0.05, 0) is 6.42 Å². The molecule has 1 aromatic carbocycles. The predicted molar refractivity (Wildman–Crippen MR) is 77.7 cm³/mol. The first-order chi connectivity index (χ1) is 9.20. The van der Waals surface area contributed by atoms with Crippen LogP contribution in [0, 0.1) is 0 Å². The molecule has 0 amide bonds. The summed E-state index contributed by atoms with van der Waals surface area (Å²) in [5.74, 6) is 0. The molecular weight excluding hydrogens is 236 g/mol. The van der Waals surface area contributed by atoms with Crippen molar-refractivity contribution >= 4 is 0 Å². The Hall–Kier alpha value is -1.68. The number of aromatic nitrogens is 3. The quantitative estimate of drug-likeness (QED) is 0.866. The van der Waals surface area contributed by atoms with Crippen molar-refractivity contribution in [1.82, 2.24) is 20.3 Å². The third-order valence-corrected chi connectivity index (χ3v) is 2.87. The lowest BCUT2D eigenvalue weighted by atomic mass is 10.1. The maximum Gasteiger partial charge on any atom is 0.117 e. The molecule has 4 nitrogen and oxygen atoms in total. The first-order valence-electron chi connectivity index (χ1n) is 6.93. The standard InChI is InChI=1S/C15H22N4/c1-4-10-19-17-14(11-16-12(2)3)15(18-19)13-8-6-5-7-9-13/h5-9,12,16H,4,10-11H2,1-3H3. The second-order valence-corrected chi connectivity index (χ2v) is 4.99. The summed E-state index contributed by atoms with van der Waals surface area (Å²) in [4.78, 5) is 1.81. The number of nitrogens with one attached hydrogen (secondary N) is 1. The van der Waals surface area contributed by atoms with E-state index in [4.69, 9.17) is 0 Å². The Balaban J connectivity index is 2.29. The van der Waals surface area contributed by atoms with E-state index in [1.165, 1.54) is 0 Å². The molecule has 0 aliphatic carbocycles. The molecule has 1 aromatic heterocycles. The molecule has 19 heavy (non-hydrogen) atoms. The van der Waals surface area contributed by atoms with Crippen LogP contribution >= 0.6 is 0 Å². The molecule has 0 unspecified atom stereocenters. The molecule has 0 atom stereocenters. The van der Waals surface area contributed by atoms with Crippen LogP contribution in [0.4, 0.5) is 0 Å². The zero-order valence-electron chi connectivity index (χ0n) is 11.9. The molecule has 0 fully saturated rings. The molecule has 1 N–H and O–H groups in total. The Labute approximate surface area is 114 Å². The zero-order valence-corrected chi connectivity index (χ0v) is 11.9. The van der Waals surface area contributed by atoms with Crippen molar-refractivity contribution in [1.29, 1.82) is 0 Å². The molecule has 0 bridgehead atoms. The fourth-order valence-electron chi connectivity index (χ4n) is 1.92. The molecule has 4 heteroatoms. The van der Waals surface area contributed by atoms with Gasteiger partial charge in [-0.25, -0.2) is 0 Å². The van der Waals surface area contributed by atoms with Gasteiger partial charge in [-0.3, -0.25) is 0 Å². The van der Waals surface area contributed by atoms with Crippen molar-refractivity contribution in [3.63, 3.8) is 0 Å². The maximum absolute atomic E-state index is 4.61. The second-order valence-electron chi connectivity index (χ2n) is 4.99. The van der Waals surface area contributed by atoms with E-state index in [1.54, 1.807) is 4.80 Å². The number of aryl methyl sites for hydroxylation is 1. The van der Waals surface area contributed by atoms with Crippen LogP contribution in [0.5, 0.6) is 0 Å². The molecule has 2 aromatic rings. The molecule has 0 spiro atoms. The van der Waals surface area contributed by atoms with E-state index in [0.717, 1.165) is 36.5 Å². The summed E-state index contributed by atoms with van der Waals surface area (Å²) in [6, 6.07) is 10.7.